The van der Waals surface area contributed by atoms with E-state index in [-0.39, 0.29) is 11.2 Å². The van der Waals surface area contributed by atoms with Gasteiger partial charge in [-0.2, -0.15) is 0 Å². The van der Waals surface area contributed by atoms with Crippen molar-refractivity contribution in [1.29, 1.82) is 0 Å². The van der Waals surface area contributed by atoms with Crippen LogP contribution in [0.25, 0.3) is 0 Å². The van der Waals surface area contributed by atoms with E-state index in [1.807, 2.05) is 0 Å². The van der Waals surface area contributed by atoms with Gasteiger partial charge < -0.3 is 19.9 Å². The molecule has 0 aromatic rings. The van der Waals surface area contributed by atoms with E-state index < -0.39 is 0 Å². The highest BCUT2D eigenvalue weighted by Gasteiger charge is 2.43. The van der Waals surface area contributed by atoms with Gasteiger partial charge in [0.1, 0.15) is 5.60 Å². The van der Waals surface area contributed by atoms with Crippen molar-refractivity contribution in [2.24, 2.45) is 5.73 Å². The highest BCUT2D eigenvalue weighted by Crippen LogP contribution is 2.42. The van der Waals surface area contributed by atoms with Crippen LogP contribution in [0.3, 0.4) is 0 Å². The summed E-state index contributed by atoms with van der Waals surface area (Å²) in [6.45, 7) is 2.92. The fourth-order valence-electron chi connectivity index (χ4n) is 3.93. The van der Waals surface area contributed by atoms with Crippen molar-refractivity contribution in [3.05, 3.63) is 0 Å². The lowest BCUT2D eigenvalue weighted by molar-refractivity contribution is -0.198. The highest BCUT2D eigenvalue weighted by atomic mass is 16.6. The summed E-state index contributed by atoms with van der Waals surface area (Å²) < 4.78 is 18.1. The van der Waals surface area contributed by atoms with E-state index in [4.69, 9.17) is 19.9 Å². The molecular formula is C15H27NO3. The van der Waals surface area contributed by atoms with Crippen LogP contribution in [0.2, 0.25) is 0 Å². The van der Waals surface area contributed by atoms with Crippen molar-refractivity contribution < 1.29 is 14.2 Å². The van der Waals surface area contributed by atoms with E-state index in [0.29, 0.717) is 19.3 Å². The Morgan fingerprint density at radius 3 is 2.63 bits per heavy atom. The van der Waals surface area contributed by atoms with Crippen molar-refractivity contribution in [3.8, 4) is 0 Å². The quantitative estimate of drug-likeness (QED) is 0.851. The molecule has 1 spiro atoms. The number of nitrogens with two attached hydrogens (primary N) is 1. The van der Waals surface area contributed by atoms with Crippen LogP contribution in [0.15, 0.2) is 0 Å². The molecule has 19 heavy (non-hydrogen) atoms. The average Bonchev–Trinajstić information content (AvgIpc) is 2.88. The number of ether oxygens (including phenoxy) is 3. The molecule has 2 unspecified atom stereocenters. The summed E-state index contributed by atoms with van der Waals surface area (Å²) in [4.78, 5) is 0. The highest BCUT2D eigenvalue weighted by molar-refractivity contribution is 4.94. The Hall–Kier alpha value is -0.160. The number of rotatable bonds is 3. The molecule has 0 aromatic heterocycles. The zero-order chi connectivity index (χ0) is 13.2. The number of hydrogen-bond acceptors (Lipinski definition) is 4. The first-order valence-corrected chi connectivity index (χ1v) is 7.86. The third-order valence-corrected chi connectivity index (χ3v) is 5.04. The Kier molecular flexibility index (Phi) is 4.13. The van der Waals surface area contributed by atoms with Crippen molar-refractivity contribution in [3.63, 3.8) is 0 Å². The normalized spacial score (nSPS) is 38.7. The lowest BCUT2D eigenvalue weighted by atomic mass is 9.89. The van der Waals surface area contributed by atoms with Crippen LogP contribution in [0.5, 0.6) is 0 Å². The minimum absolute atomic E-state index is 0.119. The Labute approximate surface area is 116 Å². The van der Waals surface area contributed by atoms with Gasteiger partial charge in [0.2, 0.25) is 0 Å². The SMILES string of the molecule is NCC1(OC2CCOC3(CCCC3)C2)CCCOC1. The van der Waals surface area contributed by atoms with Crippen LogP contribution in [-0.4, -0.2) is 43.7 Å². The molecule has 3 fully saturated rings. The number of hydrogen-bond donors (Lipinski definition) is 1. The third-order valence-electron chi connectivity index (χ3n) is 5.04. The summed E-state index contributed by atoms with van der Waals surface area (Å²) in [5.74, 6) is 0. The fourth-order valence-corrected chi connectivity index (χ4v) is 3.93. The average molecular weight is 269 g/mol. The van der Waals surface area contributed by atoms with Gasteiger partial charge in [-0.25, -0.2) is 0 Å². The van der Waals surface area contributed by atoms with Crippen LogP contribution in [-0.2, 0) is 14.2 Å². The standard InChI is InChI=1S/C15H27NO3/c16-11-15(7-3-8-17-12-15)19-13-4-9-18-14(10-13)5-1-2-6-14/h13H,1-12,16H2. The Balaban J connectivity index is 1.61. The molecule has 4 heteroatoms. The summed E-state index contributed by atoms with van der Waals surface area (Å²) in [6, 6.07) is 0. The van der Waals surface area contributed by atoms with Crippen molar-refractivity contribution in [1.82, 2.24) is 0 Å². The fraction of sp³-hybridized carbons (Fsp3) is 1.00. The minimum Gasteiger partial charge on any atom is -0.378 e. The van der Waals surface area contributed by atoms with E-state index in [1.54, 1.807) is 0 Å². The van der Waals surface area contributed by atoms with Gasteiger partial charge in [0, 0.05) is 26.2 Å². The molecule has 0 amide bonds. The smallest absolute Gasteiger partial charge is 0.104 e. The monoisotopic (exact) mass is 269 g/mol. The van der Waals surface area contributed by atoms with Crippen LogP contribution < -0.4 is 5.73 Å². The maximum Gasteiger partial charge on any atom is 0.104 e. The molecule has 1 saturated carbocycles. The second kappa shape index (κ2) is 5.68. The second-order valence-corrected chi connectivity index (χ2v) is 6.51. The maximum atomic E-state index is 6.43. The van der Waals surface area contributed by atoms with Gasteiger partial charge >= 0.3 is 0 Å². The molecule has 0 bridgehead atoms. The lowest BCUT2D eigenvalue weighted by Gasteiger charge is -2.44. The predicted molar refractivity (Wildman–Crippen MR) is 73.1 cm³/mol. The van der Waals surface area contributed by atoms with Crippen LogP contribution in [0, 0.1) is 0 Å². The van der Waals surface area contributed by atoms with E-state index in [9.17, 15) is 0 Å². The summed E-state index contributed by atoms with van der Waals surface area (Å²) in [6.07, 6.45) is 9.47. The molecule has 4 nitrogen and oxygen atoms in total. The van der Waals surface area contributed by atoms with Gasteiger partial charge in [-0.05, 0) is 32.1 Å². The van der Waals surface area contributed by atoms with Crippen molar-refractivity contribution in [2.75, 3.05) is 26.4 Å². The molecule has 3 rings (SSSR count). The maximum absolute atomic E-state index is 6.43. The third kappa shape index (κ3) is 2.97. The molecule has 2 heterocycles. The van der Waals surface area contributed by atoms with Crippen LogP contribution in [0.4, 0.5) is 0 Å². The molecule has 2 atom stereocenters. The van der Waals surface area contributed by atoms with Gasteiger partial charge in [0.15, 0.2) is 0 Å². The summed E-state index contributed by atoms with van der Waals surface area (Å²) >= 11 is 0. The minimum atomic E-state index is -0.236. The van der Waals surface area contributed by atoms with Gasteiger partial charge in [0.25, 0.3) is 0 Å². The van der Waals surface area contributed by atoms with Crippen molar-refractivity contribution in [2.45, 2.75) is 68.7 Å². The van der Waals surface area contributed by atoms with Gasteiger partial charge in [-0.15, -0.1) is 0 Å². The predicted octanol–water partition coefficient (Wildman–Crippen LogP) is 2.00. The molecule has 2 aliphatic heterocycles. The topological polar surface area (TPSA) is 53.7 Å². The molecule has 110 valence electrons. The van der Waals surface area contributed by atoms with Gasteiger partial charge in [-0.3, -0.25) is 0 Å². The van der Waals surface area contributed by atoms with Gasteiger partial charge in [-0.1, -0.05) is 12.8 Å². The largest absolute Gasteiger partial charge is 0.378 e. The molecule has 2 N–H and O–H groups in total. The first kappa shape index (κ1) is 13.8. The van der Waals surface area contributed by atoms with E-state index in [1.165, 1.54) is 25.7 Å². The summed E-state index contributed by atoms with van der Waals surface area (Å²) in [5, 5.41) is 0. The van der Waals surface area contributed by atoms with Gasteiger partial charge in [0.05, 0.1) is 18.3 Å². The van der Waals surface area contributed by atoms with Crippen LogP contribution in [0.1, 0.15) is 51.4 Å². The first-order valence-electron chi connectivity index (χ1n) is 7.86. The Bertz CT molecular complexity index is 296. The molecular weight excluding hydrogens is 242 g/mol. The van der Waals surface area contributed by atoms with E-state index >= 15 is 0 Å². The molecule has 0 aromatic carbocycles. The second-order valence-electron chi connectivity index (χ2n) is 6.51. The molecule has 2 saturated heterocycles. The summed E-state index contributed by atoms with van der Waals surface area (Å²) in [7, 11) is 0. The Morgan fingerprint density at radius 1 is 1.11 bits per heavy atom. The summed E-state index contributed by atoms with van der Waals surface area (Å²) in [5.41, 5.74) is 5.85. The molecule has 0 radical (unpaired) electrons. The van der Waals surface area contributed by atoms with Crippen molar-refractivity contribution >= 4 is 0 Å². The Morgan fingerprint density at radius 2 is 1.95 bits per heavy atom. The molecule has 1 aliphatic carbocycles. The van der Waals surface area contributed by atoms with E-state index in [2.05, 4.69) is 0 Å². The zero-order valence-electron chi connectivity index (χ0n) is 11.9. The lowest BCUT2D eigenvalue weighted by Crippen LogP contribution is -2.52. The van der Waals surface area contributed by atoms with E-state index in [0.717, 1.165) is 38.9 Å². The molecule has 3 aliphatic rings. The van der Waals surface area contributed by atoms with Crippen LogP contribution >= 0.6 is 0 Å². The zero-order valence-corrected chi connectivity index (χ0v) is 11.9. The first-order chi connectivity index (χ1) is 9.26.